The van der Waals surface area contributed by atoms with Gasteiger partial charge in [-0.1, -0.05) is 0 Å². The maximum atomic E-state index is 8.56. The third-order valence-electron chi connectivity index (χ3n) is 0. The molecule has 0 aliphatic heterocycles. The summed E-state index contributed by atoms with van der Waals surface area (Å²) in [5.41, 5.74) is 0. The maximum absolute atomic E-state index is 8.56. The summed E-state index contributed by atoms with van der Waals surface area (Å²) in [6, 6.07) is 0. The van der Waals surface area contributed by atoms with Crippen molar-refractivity contribution in [3.05, 3.63) is 0 Å². The molecule has 5 heavy (non-hydrogen) atoms. The fourth-order valence-electron chi connectivity index (χ4n) is 0. The van der Waals surface area contributed by atoms with Crippen LogP contribution in [-0.2, 0) is 45.2 Å². The molecule has 0 spiro atoms. The van der Waals surface area contributed by atoms with Gasteiger partial charge in [-0.25, -0.2) is 0 Å². The third-order valence-corrected chi connectivity index (χ3v) is 0. The van der Waals surface area contributed by atoms with Crippen molar-refractivity contribution in [3.8, 4) is 0 Å². The van der Waals surface area contributed by atoms with Crippen LogP contribution in [0.3, 0.4) is 0 Å². The van der Waals surface area contributed by atoms with Crippen LogP contribution >= 0.6 is 0 Å². The standard InChI is InChI=1S/Au.Cu.3O. The normalized spacial score (nSPS) is 8.40. The van der Waals surface area contributed by atoms with E-state index in [0.717, 1.165) is 0 Å². The second-order valence-corrected chi connectivity index (χ2v) is 1.23. The molecule has 40 valence electrons. The van der Waals surface area contributed by atoms with E-state index in [1.165, 1.54) is 0 Å². The molecule has 0 aromatic heterocycles. The Morgan fingerprint density at radius 3 is 1.00 bits per heavy atom. The zero-order valence-corrected chi connectivity index (χ0v) is 4.94. The van der Waals surface area contributed by atoms with Gasteiger partial charge < -0.3 is 0 Å². The molecule has 1 radical (unpaired) electrons. The Morgan fingerprint density at radius 1 is 1.00 bits per heavy atom. The Hall–Kier alpha value is 0.660. The molecular weight excluding hydrogens is 309 g/mol. The first-order valence-corrected chi connectivity index (χ1v) is 3.02. The van der Waals surface area contributed by atoms with Crippen molar-refractivity contribution in [2.45, 2.75) is 0 Å². The van der Waals surface area contributed by atoms with Crippen LogP contribution in [0.1, 0.15) is 0 Å². The molecule has 0 bridgehead atoms. The average molecular weight is 309 g/mol. The van der Waals surface area contributed by atoms with Gasteiger partial charge in [0.1, 0.15) is 0 Å². The minimum absolute atomic E-state index is 0. The summed E-state index contributed by atoms with van der Waals surface area (Å²) >= 11 is -3.95. The Kier molecular flexibility index (Phi) is 8.55. The fourth-order valence-corrected chi connectivity index (χ4v) is 0. The Bertz CT molecular complexity index is 76.3. The molecule has 0 unspecified atom stereocenters. The van der Waals surface area contributed by atoms with E-state index in [0.29, 0.717) is 0 Å². The van der Waals surface area contributed by atoms with Gasteiger partial charge >= 0.3 is 28.1 Å². The van der Waals surface area contributed by atoms with Gasteiger partial charge in [0.15, 0.2) is 0 Å². The Balaban J connectivity index is 0. The second-order valence-electron chi connectivity index (χ2n) is 0.151. The number of hydrogen-bond acceptors (Lipinski definition) is 3. The van der Waals surface area contributed by atoms with Gasteiger partial charge in [0.2, 0.25) is 0 Å². The Morgan fingerprint density at radius 2 is 1.00 bits per heavy atom. The van der Waals surface area contributed by atoms with E-state index in [9.17, 15) is 0 Å². The van der Waals surface area contributed by atoms with Crippen LogP contribution < -0.4 is 0 Å². The zero-order valence-electron chi connectivity index (χ0n) is 1.83. The summed E-state index contributed by atoms with van der Waals surface area (Å²) in [4.78, 5) is 0. The zero-order chi connectivity index (χ0) is 3.58. The van der Waals surface area contributed by atoms with Gasteiger partial charge in [-0.2, -0.15) is 0 Å². The van der Waals surface area contributed by atoms with Gasteiger partial charge in [-0.3, -0.25) is 0 Å². The van der Waals surface area contributed by atoms with Crippen LogP contribution in [0.5, 0.6) is 0 Å². The van der Waals surface area contributed by atoms with Crippen molar-refractivity contribution in [3.63, 3.8) is 0 Å². The minimum atomic E-state index is -3.95. The molecule has 0 N–H and O–H groups in total. The van der Waals surface area contributed by atoms with Crippen molar-refractivity contribution >= 4 is 0 Å². The topological polar surface area (TPSA) is 51.2 Å². The van der Waals surface area contributed by atoms with Crippen LogP contribution in [0.2, 0.25) is 0 Å². The molecule has 0 amide bonds. The molecule has 0 saturated heterocycles. The molecule has 3 nitrogen and oxygen atoms in total. The molecule has 0 atom stereocenters. The van der Waals surface area contributed by atoms with Crippen molar-refractivity contribution in [2.24, 2.45) is 0 Å². The van der Waals surface area contributed by atoms with Gasteiger partial charge in [0.25, 0.3) is 0 Å². The summed E-state index contributed by atoms with van der Waals surface area (Å²) in [5, 5.41) is 0. The summed E-state index contributed by atoms with van der Waals surface area (Å²) < 4.78 is 25.7. The monoisotopic (exact) mass is 308 g/mol. The number of rotatable bonds is 0. The molecule has 0 heterocycles. The summed E-state index contributed by atoms with van der Waals surface area (Å²) in [5.74, 6) is 0. The van der Waals surface area contributed by atoms with Gasteiger partial charge in [-0.05, 0) is 0 Å². The quantitative estimate of drug-likeness (QED) is 0.574. The third kappa shape index (κ3) is 75.7. The summed E-state index contributed by atoms with van der Waals surface area (Å²) in [6.45, 7) is 0. The van der Waals surface area contributed by atoms with Gasteiger partial charge in [0, 0.05) is 17.1 Å². The molecule has 0 aromatic rings. The summed E-state index contributed by atoms with van der Waals surface area (Å²) in [6.07, 6.45) is 0. The molecule has 5 heteroatoms. The van der Waals surface area contributed by atoms with Crippen molar-refractivity contribution in [1.82, 2.24) is 0 Å². The average Bonchev–Trinajstić information content (AvgIpc) is 0.811. The SMILES string of the molecule is [Cu].[O]=[Au](=[O])=[O]. The predicted molar refractivity (Wildman–Crippen MR) is 2.06 cm³/mol. The van der Waals surface area contributed by atoms with Crippen molar-refractivity contribution in [1.29, 1.82) is 0 Å². The van der Waals surface area contributed by atoms with E-state index < -0.39 is 18.4 Å². The van der Waals surface area contributed by atoms with Gasteiger partial charge in [-0.15, -0.1) is 0 Å². The van der Waals surface area contributed by atoms with Crippen LogP contribution in [0, 0.1) is 0 Å². The molecule has 0 aromatic carbocycles. The number of hydrogen-bond donors (Lipinski definition) is 0. The fraction of sp³-hybridized carbons (Fsp3) is 0. The van der Waals surface area contributed by atoms with Crippen LogP contribution in [0.15, 0.2) is 0 Å². The second kappa shape index (κ2) is 4.66. The van der Waals surface area contributed by atoms with Crippen molar-refractivity contribution in [2.75, 3.05) is 0 Å². The van der Waals surface area contributed by atoms with E-state index >= 15 is 0 Å². The molecule has 0 saturated carbocycles. The molecule has 0 fully saturated rings. The van der Waals surface area contributed by atoms with E-state index in [1.54, 1.807) is 0 Å². The summed E-state index contributed by atoms with van der Waals surface area (Å²) in [7, 11) is 0. The van der Waals surface area contributed by atoms with Crippen LogP contribution in [0.25, 0.3) is 0 Å². The predicted octanol–water partition coefficient (Wildman–Crippen LogP) is -0.361. The van der Waals surface area contributed by atoms with Gasteiger partial charge in [0.05, 0.1) is 0 Å². The Labute approximate surface area is 45.3 Å². The molecular formula is AuCuO3. The molecule has 0 aliphatic rings. The first-order valence-electron chi connectivity index (χ1n) is 0.369. The molecule has 0 aliphatic carbocycles. The van der Waals surface area contributed by atoms with E-state index in [2.05, 4.69) is 0 Å². The van der Waals surface area contributed by atoms with E-state index in [1.807, 2.05) is 0 Å². The first-order chi connectivity index (χ1) is 1.73. The van der Waals surface area contributed by atoms with Crippen LogP contribution in [0.4, 0.5) is 0 Å². The molecule has 0 rings (SSSR count). The first kappa shape index (κ1) is 9.18. The van der Waals surface area contributed by atoms with Crippen molar-refractivity contribution < 1.29 is 45.2 Å². The van der Waals surface area contributed by atoms with E-state index in [4.69, 9.17) is 9.75 Å². The van der Waals surface area contributed by atoms with Crippen LogP contribution in [-0.4, -0.2) is 0 Å². The van der Waals surface area contributed by atoms with E-state index in [-0.39, 0.29) is 17.1 Å².